The molecule has 0 spiro atoms. The van der Waals surface area contributed by atoms with Crippen molar-refractivity contribution in [2.45, 2.75) is 0 Å². The summed E-state index contributed by atoms with van der Waals surface area (Å²) in [6.07, 6.45) is 1.79. The van der Waals surface area contributed by atoms with Crippen LogP contribution in [-0.4, -0.2) is 24.4 Å². The van der Waals surface area contributed by atoms with E-state index in [4.69, 9.17) is 21.7 Å². The molecule has 1 aliphatic heterocycles. The second-order valence-corrected chi connectivity index (χ2v) is 7.70. The third kappa shape index (κ3) is 3.73. The summed E-state index contributed by atoms with van der Waals surface area (Å²) in [6.45, 7) is 0. The molecule has 1 fully saturated rings. The highest BCUT2D eigenvalue weighted by atomic mass is 79.9. The number of rotatable bonds is 4. The highest BCUT2D eigenvalue weighted by Crippen LogP contribution is 2.38. The van der Waals surface area contributed by atoms with Crippen molar-refractivity contribution in [2.24, 2.45) is 0 Å². The Morgan fingerprint density at radius 2 is 1.96 bits per heavy atom. The predicted octanol–water partition coefficient (Wildman–Crippen LogP) is 4.87. The van der Waals surface area contributed by atoms with Gasteiger partial charge in [-0.15, -0.1) is 0 Å². The Balaban J connectivity index is 1.96. The van der Waals surface area contributed by atoms with Crippen LogP contribution in [0.15, 0.2) is 51.8 Å². The van der Waals surface area contributed by atoms with E-state index in [1.165, 1.54) is 16.7 Å². The Kier molecular flexibility index (Phi) is 5.46. The summed E-state index contributed by atoms with van der Waals surface area (Å²) >= 11 is 10.1. The predicted molar refractivity (Wildman–Crippen MR) is 109 cm³/mol. The molecule has 25 heavy (non-hydrogen) atoms. The van der Waals surface area contributed by atoms with Gasteiger partial charge in [-0.3, -0.25) is 9.69 Å². The first-order valence-corrected chi connectivity index (χ1v) is 9.31. The van der Waals surface area contributed by atoms with E-state index in [0.717, 1.165) is 15.7 Å². The summed E-state index contributed by atoms with van der Waals surface area (Å²) < 4.78 is 12.0. The van der Waals surface area contributed by atoms with E-state index in [-0.39, 0.29) is 5.91 Å². The van der Waals surface area contributed by atoms with E-state index in [1.54, 1.807) is 26.4 Å². The van der Waals surface area contributed by atoms with Gasteiger partial charge in [-0.25, -0.2) is 0 Å². The lowest BCUT2D eigenvalue weighted by atomic mass is 10.1. The number of halogens is 1. The number of carbonyl (C=O) groups excluding carboxylic acids is 1. The van der Waals surface area contributed by atoms with Crippen molar-refractivity contribution < 1.29 is 14.3 Å². The Bertz CT molecular complexity index is 882. The maximum absolute atomic E-state index is 12.8. The third-order valence-electron chi connectivity index (χ3n) is 3.59. The van der Waals surface area contributed by atoms with Gasteiger partial charge in [0, 0.05) is 16.1 Å². The van der Waals surface area contributed by atoms with Gasteiger partial charge in [-0.05, 0) is 36.4 Å². The normalized spacial score (nSPS) is 15.8. The third-order valence-corrected chi connectivity index (χ3v) is 5.38. The van der Waals surface area contributed by atoms with Crippen molar-refractivity contribution in [2.75, 3.05) is 19.1 Å². The Morgan fingerprint density at radius 3 is 2.64 bits per heavy atom. The molecule has 0 radical (unpaired) electrons. The van der Waals surface area contributed by atoms with E-state index in [0.29, 0.717) is 20.7 Å². The lowest BCUT2D eigenvalue weighted by Crippen LogP contribution is -2.27. The molecule has 1 saturated heterocycles. The fraction of sp³-hybridized carbons (Fsp3) is 0.111. The molecule has 1 amide bonds. The number of hydrogen-bond acceptors (Lipinski definition) is 5. The molecule has 1 aliphatic rings. The van der Waals surface area contributed by atoms with Crippen LogP contribution in [0.4, 0.5) is 5.69 Å². The molecular formula is C18H14BrNO3S2. The minimum atomic E-state index is -0.147. The van der Waals surface area contributed by atoms with Crippen LogP contribution in [0.2, 0.25) is 0 Å². The number of anilines is 1. The lowest BCUT2D eigenvalue weighted by molar-refractivity contribution is -0.113. The van der Waals surface area contributed by atoms with Crippen LogP contribution in [0, 0.1) is 0 Å². The average molecular weight is 436 g/mol. The van der Waals surface area contributed by atoms with Crippen LogP contribution in [0.1, 0.15) is 5.56 Å². The second kappa shape index (κ2) is 7.59. The summed E-state index contributed by atoms with van der Waals surface area (Å²) in [4.78, 5) is 14.9. The van der Waals surface area contributed by atoms with Gasteiger partial charge in [0.05, 0.1) is 24.8 Å². The first kappa shape index (κ1) is 18.0. The fourth-order valence-corrected chi connectivity index (χ4v) is 4.06. The zero-order valence-electron chi connectivity index (χ0n) is 13.5. The molecule has 7 heteroatoms. The first-order valence-electron chi connectivity index (χ1n) is 7.29. The van der Waals surface area contributed by atoms with Crippen molar-refractivity contribution in [3.05, 3.63) is 57.4 Å². The SMILES string of the molecule is COc1ccc(C=C2SC(=S)N(c3cccc(Br)c3)C2=O)c(OC)c1. The summed E-state index contributed by atoms with van der Waals surface area (Å²) in [7, 11) is 3.18. The molecule has 0 atom stereocenters. The molecular weight excluding hydrogens is 422 g/mol. The van der Waals surface area contributed by atoms with Crippen molar-refractivity contribution >= 4 is 61.9 Å². The monoisotopic (exact) mass is 435 g/mol. The zero-order valence-corrected chi connectivity index (χ0v) is 16.7. The Morgan fingerprint density at radius 1 is 1.16 bits per heavy atom. The quantitative estimate of drug-likeness (QED) is 0.505. The maximum atomic E-state index is 12.8. The molecule has 0 aliphatic carbocycles. The standard InChI is InChI=1S/C18H14BrNO3S2/c1-22-14-7-6-11(15(10-14)23-2)8-16-17(21)20(18(24)25-16)13-5-3-4-12(19)9-13/h3-10H,1-2H3. The van der Waals surface area contributed by atoms with Gasteiger partial charge in [-0.2, -0.15) is 0 Å². The van der Waals surface area contributed by atoms with E-state index < -0.39 is 0 Å². The molecule has 4 nitrogen and oxygen atoms in total. The molecule has 3 rings (SSSR count). The van der Waals surface area contributed by atoms with Crippen molar-refractivity contribution in [1.29, 1.82) is 0 Å². The summed E-state index contributed by atoms with van der Waals surface area (Å²) in [5.41, 5.74) is 1.53. The number of amides is 1. The molecule has 2 aromatic rings. The van der Waals surface area contributed by atoms with Crippen LogP contribution >= 0.6 is 39.9 Å². The van der Waals surface area contributed by atoms with Gasteiger partial charge in [0.2, 0.25) is 0 Å². The molecule has 0 bridgehead atoms. The van der Waals surface area contributed by atoms with Gasteiger partial charge in [-0.1, -0.05) is 46.0 Å². The molecule has 0 saturated carbocycles. The minimum absolute atomic E-state index is 0.147. The topological polar surface area (TPSA) is 38.8 Å². The zero-order chi connectivity index (χ0) is 18.0. The molecule has 1 heterocycles. The number of benzene rings is 2. The number of thiocarbonyl (C=S) groups is 1. The number of methoxy groups -OCH3 is 2. The first-order chi connectivity index (χ1) is 12.0. The van der Waals surface area contributed by atoms with E-state index in [2.05, 4.69) is 15.9 Å². The van der Waals surface area contributed by atoms with E-state index >= 15 is 0 Å². The molecule has 128 valence electrons. The average Bonchev–Trinajstić information content (AvgIpc) is 2.88. The van der Waals surface area contributed by atoms with Gasteiger partial charge in [0.25, 0.3) is 5.91 Å². The molecule has 0 N–H and O–H groups in total. The van der Waals surface area contributed by atoms with Crippen molar-refractivity contribution in [1.82, 2.24) is 0 Å². The Labute approximate surface area is 163 Å². The summed E-state index contributed by atoms with van der Waals surface area (Å²) in [5, 5.41) is 0. The lowest BCUT2D eigenvalue weighted by Gasteiger charge is -2.14. The fourth-order valence-electron chi connectivity index (χ4n) is 2.38. The van der Waals surface area contributed by atoms with Crippen LogP contribution < -0.4 is 14.4 Å². The maximum Gasteiger partial charge on any atom is 0.270 e. The summed E-state index contributed by atoms with van der Waals surface area (Å²) in [6, 6.07) is 12.9. The largest absolute Gasteiger partial charge is 0.497 e. The molecule has 0 unspecified atom stereocenters. The molecule has 0 aromatic heterocycles. The van der Waals surface area contributed by atoms with Crippen LogP contribution in [0.5, 0.6) is 11.5 Å². The number of carbonyl (C=O) groups is 1. The Hall–Kier alpha value is -1.83. The number of thioether (sulfide) groups is 1. The van der Waals surface area contributed by atoms with E-state index in [1.807, 2.05) is 36.4 Å². The second-order valence-electron chi connectivity index (χ2n) is 5.10. The smallest absolute Gasteiger partial charge is 0.270 e. The minimum Gasteiger partial charge on any atom is -0.497 e. The van der Waals surface area contributed by atoms with Crippen LogP contribution in [-0.2, 0) is 4.79 Å². The van der Waals surface area contributed by atoms with Gasteiger partial charge < -0.3 is 9.47 Å². The van der Waals surface area contributed by atoms with E-state index in [9.17, 15) is 4.79 Å². The number of ether oxygens (including phenoxy) is 2. The van der Waals surface area contributed by atoms with Crippen molar-refractivity contribution in [3.63, 3.8) is 0 Å². The number of nitrogens with zero attached hydrogens (tertiary/aromatic N) is 1. The van der Waals surface area contributed by atoms with Crippen LogP contribution in [0.3, 0.4) is 0 Å². The van der Waals surface area contributed by atoms with Gasteiger partial charge in [0.15, 0.2) is 4.32 Å². The van der Waals surface area contributed by atoms with Gasteiger partial charge >= 0.3 is 0 Å². The molecule has 2 aromatic carbocycles. The van der Waals surface area contributed by atoms with Gasteiger partial charge in [0.1, 0.15) is 11.5 Å². The van der Waals surface area contributed by atoms with Crippen molar-refractivity contribution in [3.8, 4) is 11.5 Å². The summed E-state index contributed by atoms with van der Waals surface area (Å²) in [5.74, 6) is 1.17. The highest BCUT2D eigenvalue weighted by molar-refractivity contribution is 9.10. The highest BCUT2D eigenvalue weighted by Gasteiger charge is 2.33. The number of hydrogen-bond donors (Lipinski definition) is 0. The van der Waals surface area contributed by atoms with Crippen LogP contribution in [0.25, 0.3) is 6.08 Å².